The van der Waals surface area contributed by atoms with Crippen molar-refractivity contribution in [2.75, 3.05) is 23.2 Å². The van der Waals surface area contributed by atoms with Crippen LogP contribution in [0.4, 0.5) is 15.8 Å². The third-order valence-electron chi connectivity index (χ3n) is 4.56. The van der Waals surface area contributed by atoms with Gasteiger partial charge in [0.15, 0.2) is 6.61 Å². The number of carbonyl (C=O) groups excluding carboxylic acids is 3. The van der Waals surface area contributed by atoms with Gasteiger partial charge in [0.25, 0.3) is 21.8 Å². The van der Waals surface area contributed by atoms with Gasteiger partial charge >= 0.3 is 5.97 Å². The predicted octanol–water partition coefficient (Wildman–Crippen LogP) is 3.17. The number of halogens is 1. The molecule has 3 aromatic carbocycles. The van der Waals surface area contributed by atoms with Gasteiger partial charge in [-0.1, -0.05) is 12.1 Å². The van der Waals surface area contributed by atoms with Gasteiger partial charge in [-0.05, 0) is 67.6 Å². The second kappa shape index (κ2) is 11.3. The zero-order valence-corrected chi connectivity index (χ0v) is 19.4. The van der Waals surface area contributed by atoms with Crippen LogP contribution in [-0.4, -0.2) is 39.4 Å². The van der Waals surface area contributed by atoms with E-state index in [-0.39, 0.29) is 22.1 Å². The SMILES string of the molecule is CCNC(=O)c1cccc(NC(=O)COC(=O)c2cccc(S(=O)(=O)Nc3ccc(F)cc3)c2)c1. The smallest absolute Gasteiger partial charge is 0.338 e. The summed E-state index contributed by atoms with van der Waals surface area (Å²) >= 11 is 0. The summed E-state index contributed by atoms with van der Waals surface area (Å²) in [6, 6.07) is 16.0. The number of hydrogen-bond acceptors (Lipinski definition) is 6. The number of ether oxygens (including phenoxy) is 1. The number of nitrogens with one attached hydrogen (secondary N) is 3. The van der Waals surface area contributed by atoms with E-state index in [1.807, 2.05) is 0 Å². The zero-order valence-electron chi connectivity index (χ0n) is 18.6. The Labute approximate surface area is 201 Å². The number of anilines is 2. The molecule has 0 aliphatic carbocycles. The van der Waals surface area contributed by atoms with Gasteiger partial charge in [-0.15, -0.1) is 0 Å². The van der Waals surface area contributed by atoms with Crippen LogP contribution in [0, 0.1) is 5.82 Å². The summed E-state index contributed by atoms with van der Waals surface area (Å²) in [5, 5.41) is 5.17. The van der Waals surface area contributed by atoms with Crippen molar-refractivity contribution in [3.05, 3.63) is 89.7 Å². The Morgan fingerprint density at radius 3 is 2.29 bits per heavy atom. The molecule has 0 atom stereocenters. The Balaban J connectivity index is 1.61. The van der Waals surface area contributed by atoms with Crippen LogP contribution in [0.15, 0.2) is 77.7 Å². The molecule has 0 aliphatic heterocycles. The summed E-state index contributed by atoms with van der Waals surface area (Å²) in [6.45, 7) is 1.61. The van der Waals surface area contributed by atoms with Gasteiger partial charge in [-0.2, -0.15) is 0 Å². The molecule has 35 heavy (non-hydrogen) atoms. The maximum atomic E-state index is 13.0. The maximum absolute atomic E-state index is 13.0. The monoisotopic (exact) mass is 499 g/mol. The highest BCUT2D eigenvalue weighted by molar-refractivity contribution is 7.92. The van der Waals surface area contributed by atoms with Gasteiger partial charge in [0.05, 0.1) is 10.5 Å². The number of carbonyl (C=O) groups is 3. The molecule has 0 fully saturated rings. The van der Waals surface area contributed by atoms with Crippen molar-refractivity contribution in [3.63, 3.8) is 0 Å². The number of esters is 1. The highest BCUT2D eigenvalue weighted by Crippen LogP contribution is 2.18. The predicted molar refractivity (Wildman–Crippen MR) is 127 cm³/mol. The normalized spacial score (nSPS) is 10.8. The zero-order chi connectivity index (χ0) is 25.4. The Hall–Kier alpha value is -4.25. The van der Waals surface area contributed by atoms with Crippen molar-refractivity contribution in [2.24, 2.45) is 0 Å². The van der Waals surface area contributed by atoms with Crippen LogP contribution in [-0.2, 0) is 19.6 Å². The molecule has 0 aromatic heterocycles. The van der Waals surface area contributed by atoms with E-state index >= 15 is 0 Å². The summed E-state index contributed by atoms with van der Waals surface area (Å²) in [5.41, 5.74) is 0.758. The molecule has 11 heteroatoms. The first-order valence-electron chi connectivity index (χ1n) is 10.4. The summed E-state index contributed by atoms with van der Waals surface area (Å²) in [4.78, 5) is 36.3. The fourth-order valence-electron chi connectivity index (χ4n) is 2.93. The van der Waals surface area contributed by atoms with E-state index < -0.39 is 34.3 Å². The van der Waals surface area contributed by atoms with Crippen LogP contribution in [0.3, 0.4) is 0 Å². The van der Waals surface area contributed by atoms with Gasteiger partial charge in [-0.25, -0.2) is 17.6 Å². The number of amides is 2. The van der Waals surface area contributed by atoms with Crippen LogP contribution in [0.1, 0.15) is 27.6 Å². The Morgan fingerprint density at radius 1 is 0.886 bits per heavy atom. The average molecular weight is 500 g/mol. The minimum absolute atomic E-state index is 0.0852. The fraction of sp³-hybridized carbons (Fsp3) is 0.125. The molecule has 0 spiro atoms. The molecule has 2 amide bonds. The molecule has 0 saturated heterocycles. The lowest BCUT2D eigenvalue weighted by molar-refractivity contribution is -0.119. The lowest BCUT2D eigenvalue weighted by Crippen LogP contribution is -2.23. The van der Waals surface area contributed by atoms with Crippen LogP contribution >= 0.6 is 0 Å². The first-order chi connectivity index (χ1) is 16.7. The van der Waals surface area contributed by atoms with Crippen molar-refractivity contribution in [3.8, 4) is 0 Å². The second-order valence-corrected chi connectivity index (χ2v) is 8.89. The quantitative estimate of drug-likeness (QED) is 0.388. The molecule has 0 heterocycles. The van der Waals surface area contributed by atoms with Gasteiger partial charge in [0, 0.05) is 23.5 Å². The van der Waals surface area contributed by atoms with Gasteiger partial charge in [-0.3, -0.25) is 14.3 Å². The van der Waals surface area contributed by atoms with Crippen molar-refractivity contribution in [2.45, 2.75) is 11.8 Å². The first kappa shape index (κ1) is 25.4. The number of rotatable bonds is 9. The van der Waals surface area contributed by atoms with Gasteiger partial charge in [0.2, 0.25) is 0 Å². The van der Waals surface area contributed by atoms with Gasteiger partial charge < -0.3 is 15.4 Å². The molecule has 3 aromatic rings. The lowest BCUT2D eigenvalue weighted by atomic mass is 10.2. The van der Waals surface area contributed by atoms with E-state index in [1.165, 1.54) is 36.4 Å². The topological polar surface area (TPSA) is 131 Å². The fourth-order valence-corrected chi connectivity index (χ4v) is 4.04. The highest BCUT2D eigenvalue weighted by Gasteiger charge is 2.18. The van der Waals surface area contributed by atoms with Crippen LogP contribution in [0.5, 0.6) is 0 Å². The van der Waals surface area contributed by atoms with Crippen molar-refractivity contribution < 1.29 is 31.9 Å². The van der Waals surface area contributed by atoms with E-state index in [0.29, 0.717) is 17.8 Å². The molecule has 0 bridgehead atoms. The van der Waals surface area contributed by atoms with Crippen molar-refractivity contribution in [1.82, 2.24) is 5.32 Å². The molecule has 0 unspecified atom stereocenters. The number of sulfonamides is 1. The van der Waals surface area contributed by atoms with Crippen LogP contribution in [0.25, 0.3) is 0 Å². The second-order valence-electron chi connectivity index (χ2n) is 7.20. The van der Waals surface area contributed by atoms with E-state index in [2.05, 4.69) is 15.4 Å². The van der Waals surface area contributed by atoms with Crippen molar-refractivity contribution >= 4 is 39.2 Å². The molecule has 0 radical (unpaired) electrons. The average Bonchev–Trinajstić information content (AvgIpc) is 2.84. The molecule has 0 aliphatic rings. The van der Waals surface area contributed by atoms with Crippen LogP contribution in [0.2, 0.25) is 0 Å². The molecular weight excluding hydrogens is 477 g/mol. The van der Waals surface area contributed by atoms with E-state index in [0.717, 1.165) is 18.2 Å². The minimum Gasteiger partial charge on any atom is -0.452 e. The van der Waals surface area contributed by atoms with Crippen molar-refractivity contribution in [1.29, 1.82) is 0 Å². The Morgan fingerprint density at radius 2 is 1.57 bits per heavy atom. The van der Waals surface area contributed by atoms with Crippen LogP contribution < -0.4 is 15.4 Å². The number of hydrogen-bond donors (Lipinski definition) is 3. The molecule has 182 valence electrons. The summed E-state index contributed by atoms with van der Waals surface area (Å²) < 4.78 is 45.5. The summed E-state index contributed by atoms with van der Waals surface area (Å²) in [5.74, 6) is -2.36. The third-order valence-corrected chi connectivity index (χ3v) is 5.94. The molecule has 9 nitrogen and oxygen atoms in total. The van der Waals surface area contributed by atoms with E-state index in [4.69, 9.17) is 4.74 Å². The standard InChI is InChI=1S/C24H22FN3O6S/c1-2-26-23(30)16-5-3-7-20(13-16)27-22(29)15-34-24(31)17-6-4-8-21(14-17)35(32,33)28-19-11-9-18(25)10-12-19/h3-14,28H,2,15H2,1H3,(H,26,30)(H,27,29). The molecule has 3 N–H and O–H groups in total. The maximum Gasteiger partial charge on any atom is 0.338 e. The Kier molecular flexibility index (Phi) is 8.16. The highest BCUT2D eigenvalue weighted by atomic mass is 32.2. The largest absolute Gasteiger partial charge is 0.452 e. The Bertz CT molecular complexity index is 1340. The van der Waals surface area contributed by atoms with E-state index in [1.54, 1.807) is 25.1 Å². The van der Waals surface area contributed by atoms with Gasteiger partial charge in [0.1, 0.15) is 5.82 Å². The number of benzene rings is 3. The summed E-state index contributed by atoms with van der Waals surface area (Å²) in [6.07, 6.45) is 0. The minimum atomic E-state index is -4.06. The molecular formula is C24H22FN3O6S. The third kappa shape index (κ3) is 7.11. The molecule has 0 saturated carbocycles. The molecule has 3 rings (SSSR count). The lowest BCUT2D eigenvalue weighted by Gasteiger charge is -2.10. The first-order valence-corrected chi connectivity index (χ1v) is 11.9. The summed E-state index contributed by atoms with van der Waals surface area (Å²) in [7, 11) is -4.06. The van der Waals surface area contributed by atoms with E-state index in [9.17, 15) is 27.2 Å².